The zero-order valence-corrected chi connectivity index (χ0v) is 15.2. The lowest BCUT2D eigenvalue weighted by atomic mass is 9.78. The number of methoxy groups -OCH3 is 1. The first-order valence-electron chi connectivity index (χ1n) is 7.90. The Bertz CT molecular complexity index is 532. The van der Waals surface area contributed by atoms with E-state index in [1.165, 1.54) is 34.9 Å². The van der Waals surface area contributed by atoms with E-state index in [0.717, 1.165) is 24.5 Å². The molecule has 2 atom stereocenters. The average molecular weight is 401 g/mol. The van der Waals surface area contributed by atoms with Crippen molar-refractivity contribution in [2.75, 3.05) is 19.5 Å². The van der Waals surface area contributed by atoms with Crippen LogP contribution in [0.4, 0.5) is 5.82 Å². The highest BCUT2D eigenvalue weighted by atomic mass is 127. The second kappa shape index (κ2) is 5.99. The second-order valence-electron chi connectivity index (χ2n) is 6.52. The zero-order valence-electron chi connectivity index (χ0n) is 13.1. The molecule has 5 heteroatoms. The predicted molar refractivity (Wildman–Crippen MR) is 92.6 cm³/mol. The molecule has 2 aliphatic carbocycles. The van der Waals surface area contributed by atoms with Crippen LogP contribution in [0.15, 0.2) is 0 Å². The minimum atomic E-state index is -0.294. The Morgan fingerprint density at radius 1 is 1.29 bits per heavy atom. The number of anilines is 1. The molecule has 21 heavy (non-hydrogen) atoms. The average Bonchev–Trinajstić information content (AvgIpc) is 3.32. The van der Waals surface area contributed by atoms with Crippen molar-refractivity contribution < 1.29 is 4.74 Å². The number of halogens is 1. The molecular weight excluding hydrogens is 377 g/mol. The Hall–Kier alpha value is -0.430. The number of nitrogens with zero attached hydrogens (tertiary/aromatic N) is 2. The molecule has 116 valence electrons. The van der Waals surface area contributed by atoms with Crippen molar-refractivity contribution in [2.24, 2.45) is 5.92 Å². The normalized spacial score (nSPS) is 29.4. The Labute approximate surface area is 140 Å². The van der Waals surface area contributed by atoms with Gasteiger partial charge in [-0.05, 0) is 60.6 Å². The third kappa shape index (κ3) is 2.91. The predicted octanol–water partition coefficient (Wildman–Crippen LogP) is 4.05. The maximum Gasteiger partial charge on any atom is 0.162 e. The number of rotatable bonds is 4. The van der Waals surface area contributed by atoms with Gasteiger partial charge in [0, 0.05) is 20.1 Å². The lowest BCUT2D eigenvalue weighted by Gasteiger charge is -2.38. The van der Waals surface area contributed by atoms with E-state index in [4.69, 9.17) is 14.7 Å². The monoisotopic (exact) mass is 401 g/mol. The van der Waals surface area contributed by atoms with E-state index in [-0.39, 0.29) is 5.60 Å². The van der Waals surface area contributed by atoms with E-state index in [1.807, 2.05) is 14.2 Å². The lowest BCUT2D eigenvalue weighted by Crippen LogP contribution is -2.36. The summed E-state index contributed by atoms with van der Waals surface area (Å²) in [5.41, 5.74) is 0.927. The van der Waals surface area contributed by atoms with E-state index in [1.54, 1.807) is 0 Å². The zero-order chi connectivity index (χ0) is 15.0. The van der Waals surface area contributed by atoms with Crippen LogP contribution in [0, 0.1) is 9.49 Å². The molecular formula is C16H24IN3O. The van der Waals surface area contributed by atoms with Crippen LogP contribution in [-0.2, 0) is 10.3 Å². The number of hydrogen-bond donors (Lipinski definition) is 1. The van der Waals surface area contributed by atoms with Gasteiger partial charge in [-0.3, -0.25) is 0 Å². The van der Waals surface area contributed by atoms with E-state index < -0.39 is 0 Å². The molecule has 0 aromatic carbocycles. The first-order valence-corrected chi connectivity index (χ1v) is 8.98. The van der Waals surface area contributed by atoms with Gasteiger partial charge in [0.15, 0.2) is 5.82 Å². The van der Waals surface area contributed by atoms with Crippen molar-refractivity contribution >= 4 is 28.4 Å². The molecule has 3 rings (SSSR count). The van der Waals surface area contributed by atoms with Gasteiger partial charge in [-0.1, -0.05) is 13.3 Å². The van der Waals surface area contributed by atoms with Crippen LogP contribution in [0.2, 0.25) is 0 Å². The van der Waals surface area contributed by atoms with Crippen molar-refractivity contribution in [1.82, 2.24) is 9.97 Å². The third-order valence-corrected chi connectivity index (χ3v) is 5.90. The highest BCUT2D eigenvalue weighted by molar-refractivity contribution is 14.1. The van der Waals surface area contributed by atoms with Gasteiger partial charge in [-0.25, -0.2) is 9.97 Å². The van der Waals surface area contributed by atoms with Crippen LogP contribution < -0.4 is 5.32 Å². The highest BCUT2D eigenvalue weighted by Crippen LogP contribution is 2.45. The first-order chi connectivity index (χ1) is 10.1. The Kier molecular flexibility index (Phi) is 4.41. The molecule has 0 aliphatic heterocycles. The van der Waals surface area contributed by atoms with Crippen LogP contribution >= 0.6 is 22.6 Å². The van der Waals surface area contributed by atoms with Gasteiger partial charge >= 0.3 is 0 Å². The SMILES string of the molecule is CNc1nc(C2(OC)CCCC(C)C2)nc(C2CC2)c1I. The number of ether oxygens (including phenoxy) is 1. The fraction of sp³-hybridized carbons (Fsp3) is 0.750. The summed E-state index contributed by atoms with van der Waals surface area (Å²) in [6, 6.07) is 0. The van der Waals surface area contributed by atoms with Crippen molar-refractivity contribution in [3.63, 3.8) is 0 Å². The molecule has 0 saturated heterocycles. The molecule has 0 radical (unpaired) electrons. The summed E-state index contributed by atoms with van der Waals surface area (Å²) in [6.45, 7) is 2.31. The van der Waals surface area contributed by atoms with Crippen molar-refractivity contribution in [1.29, 1.82) is 0 Å². The number of aromatic nitrogens is 2. The molecule has 2 saturated carbocycles. The Morgan fingerprint density at radius 2 is 2.05 bits per heavy atom. The van der Waals surface area contributed by atoms with Crippen molar-refractivity contribution in [2.45, 2.75) is 57.0 Å². The molecule has 2 unspecified atom stereocenters. The molecule has 2 aliphatic rings. The van der Waals surface area contributed by atoms with Crippen LogP contribution in [0.1, 0.15) is 62.9 Å². The van der Waals surface area contributed by atoms with Gasteiger partial charge < -0.3 is 10.1 Å². The highest BCUT2D eigenvalue weighted by Gasteiger charge is 2.41. The summed E-state index contributed by atoms with van der Waals surface area (Å²) in [4.78, 5) is 9.77. The quantitative estimate of drug-likeness (QED) is 0.774. The third-order valence-electron chi connectivity index (χ3n) is 4.83. The summed E-state index contributed by atoms with van der Waals surface area (Å²) in [5.74, 6) is 3.14. The molecule has 4 nitrogen and oxygen atoms in total. The smallest absolute Gasteiger partial charge is 0.162 e. The molecule has 1 heterocycles. The first kappa shape index (κ1) is 15.5. The van der Waals surface area contributed by atoms with Gasteiger partial charge in [-0.2, -0.15) is 0 Å². The second-order valence-corrected chi connectivity index (χ2v) is 7.60. The van der Waals surface area contributed by atoms with E-state index in [2.05, 4.69) is 34.8 Å². The molecule has 2 fully saturated rings. The molecule has 0 spiro atoms. The Balaban J connectivity index is 2.05. The standard InChI is InChI=1S/C16H24IN3O/c1-10-5-4-8-16(9-10,21-3)15-19-13(11-6-7-11)12(17)14(18-2)20-15/h10-11H,4-9H2,1-3H3,(H,18,19,20). The maximum atomic E-state index is 5.97. The lowest BCUT2D eigenvalue weighted by molar-refractivity contribution is -0.0646. The fourth-order valence-electron chi connectivity index (χ4n) is 3.44. The van der Waals surface area contributed by atoms with Gasteiger partial charge in [0.25, 0.3) is 0 Å². The van der Waals surface area contributed by atoms with Crippen molar-refractivity contribution in [3.8, 4) is 0 Å². The maximum absolute atomic E-state index is 5.97. The van der Waals surface area contributed by atoms with Crippen LogP contribution in [0.5, 0.6) is 0 Å². The molecule has 1 aromatic heterocycles. The minimum absolute atomic E-state index is 0.294. The summed E-state index contributed by atoms with van der Waals surface area (Å²) in [5, 5.41) is 3.24. The van der Waals surface area contributed by atoms with Crippen LogP contribution in [0.3, 0.4) is 0 Å². The van der Waals surface area contributed by atoms with E-state index in [9.17, 15) is 0 Å². The van der Waals surface area contributed by atoms with Crippen molar-refractivity contribution in [3.05, 3.63) is 15.1 Å². The van der Waals surface area contributed by atoms with Gasteiger partial charge in [0.1, 0.15) is 11.4 Å². The molecule has 0 bridgehead atoms. The number of nitrogens with one attached hydrogen (secondary N) is 1. The Morgan fingerprint density at radius 3 is 2.62 bits per heavy atom. The molecule has 1 N–H and O–H groups in total. The van der Waals surface area contributed by atoms with Gasteiger partial charge in [-0.15, -0.1) is 0 Å². The fourth-order valence-corrected chi connectivity index (χ4v) is 4.40. The summed E-state index contributed by atoms with van der Waals surface area (Å²) in [6.07, 6.45) is 7.04. The van der Waals surface area contributed by atoms with E-state index >= 15 is 0 Å². The largest absolute Gasteiger partial charge is 0.372 e. The summed E-state index contributed by atoms with van der Waals surface area (Å²) < 4.78 is 7.15. The van der Waals surface area contributed by atoms with Gasteiger partial charge in [0.05, 0.1) is 9.26 Å². The topological polar surface area (TPSA) is 47.0 Å². The molecule has 1 aromatic rings. The summed E-state index contributed by atoms with van der Waals surface area (Å²) >= 11 is 2.38. The van der Waals surface area contributed by atoms with E-state index in [0.29, 0.717) is 11.8 Å². The van der Waals surface area contributed by atoms with Crippen LogP contribution in [0.25, 0.3) is 0 Å². The minimum Gasteiger partial charge on any atom is -0.372 e. The van der Waals surface area contributed by atoms with Crippen LogP contribution in [-0.4, -0.2) is 24.1 Å². The molecule has 0 amide bonds. The van der Waals surface area contributed by atoms with Gasteiger partial charge in [0.2, 0.25) is 0 Å². The number of hydrogen-bond acceptors (Lipinski definition) is 4. The summed E-state index contributed by atoms with van der Waals surface area (Å²) in [7, 11) is 3.75.